The van der Waals surface area contributed by atoms with E-state index < -0.39 is 11.9 Å². The van der Waals surface area contributed by atoms with Crippen LogP contribution < -0.4 is 5.32 Å². The Bertz CT molecular complexity index is 288. The highest BCUT2D eigenvalue weighted by molar-refractivity contribution is 7.98. The lowest BCUT2D eigenvalue weighted by Gasteiger charge is -2.23. The van der Waals surface area contributed by atoms with Gasteiger partial charge in [0.25, 0.3) is 0 Å². The molecule has 1 unspecified atom stereocenters. The van der Waals surface area contributed by atoms with Gasteiger partial charge in [0.1, 0.15) is 0 Å². The number of hydrogen-bond donors (Lipinski definition) is 2. The molecule has 0 bridgehead atoms. The lowest BCUT2D eigenvalue weighted by Crippen LogP contribution is -2.43. The zero-order chi connectivity index (χ0) is 15.4. The normalized spacial score (nSPS) is 11.9. The molecule has 0 saturated carbocycles. The van der Waals surface area contributed by atoms with Gasteiger partial charge in [-0.25, -0.2) is 4.79 Å². The Morgan fingerprint density at radius 3 is 2.45 bits per heavy atom. The fraction of sp³-hybridized carbons (Fsp3) is 0.857. The summed E-state index contributed by atoms with van der Waals surface area (Å²) in [5, 5.41) is 11.7. The van der Waals surface area contributed by atoms with E-state index in [4.69, 9.17) is 5.11 Å². The molecule has 2 N–H and O–H groups in total. The van der Waals surface area contributed by atoms with Crippen LogP contribution in [0.5, 0.6) is 0 Å². The van der Waals surface area contributed by atoms with Gasteiger partial charge in [0.2, 0.25) is 0 Å². The maximum absolute atomic E-state index is 11.9. The molecular weight excluding hydrogens is 276 g/mol. The molecular formula is C14H28N2O3S. The molecule has 0 saturated heterocycles. The molecule has 6 heteroatoms. The zero-order valence-corrected chi connectivity index (χ0v) is 13.7. The summed E-state index contributed by atoms with van der Waals surface area (Å²) in [6.45, 7) is 4.92. The Morgan fingerprint density at radius 2 is 1.90 bits per heavy atom. The molecule has 0 aromatic heterocycles. The summed E-state index contributed by atoms with van der Waals surface area (Å²) in [7, 11) is 0. The summed E-state index contributed by atoms with van der Waals surface area (Å²) in [5.74, 6) is -0.208. The standard InChI is InChI=1S/C14H28N2O3S/c1-4-16(11-12(2)13(17)18)14(19)15-9-7-5-6-8-10-20-3/h12H,4-11H2,1-3H3,(H,15,19)(H,17,18). The second-order valence-electron chi connectivity index (χ2n) is 4.92. The number of nitrogens with zero attached hydrogens (tertiary/aromatic N) is 1. The number of unbranched alkanes of at least 4 members (excludes halogenated alkanes) is 3. The molecule has 2 amide bonds. The van der Waals surface area contributed by atoms with Crippen molar-refractivity contribution in [2.75, 3.05) is 31.6 Å². The number of urea groups is 1. The predicted molar refractivity (Wildman–Crippen MR) is 84.3 cm³/mol. The summed E-state index contributed by atoms with van der Waals surface area (Å²) >= 11 is 1.86. The third-order valence-electron chi connectivity index (χ3n) is 3.14. The summed E-state index contributed by atoms with van der Waals surface area (Å²) in [6.07, 6.45) is 6.64. The Balaban J connectivity index is 3.79. The largest absolute Gasteiger partial charge is 0.481 e. The summed E-state index contributed by atoms with van der Waals surface area (Å²) in [6, 6.07) is -0.162. The number of thioether (sulfide) groups is 1. The summed E-state index contributed by atoms with van der Waals surface area (Å²) in [5.41, 5.74) is 0. The number of aliphatic carboxylic acids is 1. The van der Waals surface area contributed by atoms with Crippen LogP contribution in [0.15, 0.2) is 0 Å². The minimum atomic E-state index is -0.870. The molecule has 0 rings (SSSR count). The van der Waals surface area contributed by atoms with Crippen molar-refractivity contribution >= 4 is 23.8 Å². The highest BCUT2D eigenvalue weighted by Gasteiger charge is 2.18. The second kappa shape index (κ2) is 11.9. The van der Waals surface area contributed by atoms with Crippen LogP contribution in [-0.4, -0.2) is 53.6 Å². The number of carbonyl (C=O) groups is 2. The predicted octanol–water partition coefficient (Wildman–Crippen LogP) is 2.66. The van der Waals surface area contributed by atoms with Crippen LogP contribution in [0, 0.1) is 5.92 Å². The Morgan fingerprint density at radius 1 is 1.25 bits per heavy atom. The van der Waals surface area contributed by atoms with Gasteiger partial charge in [-0.3, -0.25) is 4.79 Å². The van der Waals surface area contributed by atoms with Gasteiger partial charge in [0.05, 0.1) is 5.92 Å². The summed E-state index contributed by atoms with van der Waals surface area (Å²) in [4.78, 5) is 24.2. The SMILES string of the molecule is CCN(CC(C)C(=O)O)C(=O)NCCCCCCSC. The molecule has 0 heterocycles. The smallest absolute Gasteiger partial charge is 0.317 e. The van der Waals surface area contributed by atoms with Crippen molar-refractivity contribution < 1.29 is 14.7 Å². The van der Waals surface area contributed by atoms with Crippen LogP contribution in [0.25, 0.3) is 0 Å². The molecule has 0 aromatic rings. The molecule has 1 atom stereocenters. The highest BCUT2D eigenvalue weighted by atomic mass is 32.2. The van der Waals surface area contributed by atoms with E-state index in [0.717, 1.165) is 12.8 Å². The number of amides is 2. The molecule has 0 aliphatic rings. The van der Waals surface area contributed by atoms with Gasteiger partial charge in [-0.15, -0.1) is 0 Å². The van der Waals surface area contributed by atoms with Gasteiger partial charge in [-0.2, -0.15) is 11.8 Å². The number of hydrogen-bond acceptors (Lipinski definition) is 3. The van der Waals surface area contributed by atoms with E-state index in [1.807, 2.05) is 18.7 Å². The lowest BCUT2D eigenvalue weighted by molar-refractivity contribution is -0.141. The van der Waals surface area contributed by atoms with E-state index in [1.165, 1.54) is 18.6 Å². The first-order valence-electron chi connectivity index (χ1n) is 7.27. The van der Waals surface area contributed by atoms with Crippen LogP contribution in [0.4, 0.5) is 4.79 Å². The fourth-order valence-corrected chi connectivity index (χ4v) is 2.29. The van der Waals surface area contributed by atoms with Crippen molar-refractivity contribution in [1.82, 2.24) is 10.2 Å². The quantitative estimate of drug-likeness (QED) is 0.576. The number of rotatable bonds is 11. The average Bonchev–Trinajstić information content (AvgIpc) is 2.43. The molecule has 0 aliphatic heterocycles. The van der Waals surface area contributed by atoms with Gasteiger partial charge in [0, 0.05) is 19.6 Å². The van der Waals surface area contributed by atoms with Crippen molar-refractivity contribution in [3.8, 4) is 0 Å². The Hall–Kier alpha value is -0.910. The van der Waals surface area contributed by atoms with E-state index in [9.17, 15) is 9.59 Å². The average molecular weight is 304 g/mol. The maximum atomic E-state index is 11.9. The van der Waals surface area contributed by atoms with Crippen molar-refractivity contribution in [1.29, 1.82) is 0 Å². The van der Waals surface area contributed by atoms with Crippen LogP contribution in [0.3, 0.4) is 0 Å². The van der Waals surface area contributed by atoms with E-state index >= 15 is 0 Å². The van der Waals surface area contributed by atoms with Gasteiger partial charge in [0.15, 0.2) is 0 Å². The molecule has 20 heavy (non-hydrogen) atoms. The fourth-order valence-electron chi connectivity index (χ4n) is 1.80. The molecule has 0 fully saturated rings. The Kier molecular flexibility index (Phi) is 11.3. The van der Waals surface area contributed by atoms with Gasteiger partial charge < -0.3 is 15.3 Å². The minimum Gasteiger partial charge on any atom is -0.481 e. The number of nitrogens with one attached hydrogen (secondary N) is 1. The molecule has 0 radical (unpaired) electrons. The van der Waals surface area contributed by atoms with Gasteiger partial charge in [-0.05, 0) is 31.8 Å². The highest BCUT2D eigenvalue weighted by Crippen LogP contribution is 2.04. The van der Waals surface area contributed by atoms with Crippen LogP contribution in [0.2, 0.25) is 0 Å². The van der Waals surface area contributed by atoms with Crippen LogP contribution >= 0.6 is 11.8 Å². The van der Waals surface area contributed by atoms with Crippen molar-refractivity contribution in [2.45, 2.75) is 39.5 Å². The van der Waals surface area contributed by atoms with E-state index in [1.54, 1.807) is 11.8 Å². The van der Waals surface area contributed by atoms with Crippen LogP contribution in [0.1, 0.15) is 39.5 Å². The van der Waals surface area contributed by atoms with Crippen molar-refractivity contribution in [3.05, 3.63) is 0 Å². The lowest BCUT2D eigenvalue weighted by atomic mass is 10.2. The Labute approximate surface area is 126 Å². The molecule has 0 aromatic carbocycles. The molecule has 5 nitrogen and oxygen atoms in total. The molecule has 0 spiro atoms. The van der Waals surface area contributed by atoms with Crippen molar-refractivity contribution in [2.24, 2.45) is 5.92 Å². The molecule has 118 valence electrons. The van der Waals surface area contributed by atoms with E-state index in [-0.39, 0.29) is 12.6 Å². The minimum absolute atomic E-state index is 0.162. The van der Waals surface area contributed by atoms with E-state index in [2.05, 4.69) is 11.6 Å². The van der Waals surface area contributed by atoms with Crippen molar-refractivity contribution in [3.63, 3.8) is 0 Å². The van der Waals surface area contributed by atoms with Gasteiger partial charge in [-0.1, -0.05) is 19.8 Å². The number of carboxylic acids is 1. The second-order valence-corrected chi connectivity index (χ2v) is 5.90. The third-order valence-corrected chi connectivity index (χ3v) is 3.83. The first-order chi connectivity index (χ1) is 9.52. The topological polar surface area (TPSA) is 69.6 Å². The summed E-state index contributed by atoms with van der Waals surface area (Å²) < 4.78 is 0. The zero-order valence-electron chi connectivity index (χ0n) is 12.9. The number of carbonyl (C=O) groups excluding carboxylic acids is 1. The number of carboxylic acid groups (broad SMARTS) is 1. The monoisotopic (exact) mass is 304 g/mol. The van der Waals surface area contributed by atoms with Gasteiger partial charge >= 0.3 is 12.0 Å². The molecule has 0 aliphatic carbocycles. The van der Waals surface area contributed by atoms with E-state index in [0.29, 0.717) is 13.1 Å². The third kappa shape index (κ3) is 9.07. The first-order valence-corrected chi connectivity index (χ1v) is 8.66. The maximum Gasteiger partial charge on any atom is 0.317 e. The first kappa shape index (κ1) is 19.1. The van der Waals surface area contributed by atoms with Crippen LogP contribution in [-0.2, 0) is 4.79 Å².